The van der Waals surface area contributed by atoms with E-state index in [0.717, 1.165) is 19.0 Å². The minimum atomic E-state index is 0. The number of halogens is 1. The van der Waals surface area contributed by atoms with Crippen LogP contribution in [0.3, 0.4) is 0 Å². The van der Waals surface area contributed by atoms with E-state index in [1.807, 2.05) is 19.1 Å². The second kappa shape index (κ2) is 8.30. The van der Waals surface area contributed by atoms with Crippen molar-refractivity contribution in [1.29, 1.82) is 0 Å². The Morgan fingerprint density at radius 2 is 1.84 bits per heavy atom. The molecule has 3 nitrogen and oxygen atoms in total. The molecule has 106 valence electrons. The Kier molecular flexibility index (Phi) is 7.05. The molecular weight excluding hydrogens is 351 g/mol. The number of hydrogen-bond donors (Lipinski definition) is 0. The zero-order valence-corrected chi connectivity index (χ0v) is 14.0. The highest BCUT2D eigenvalue weighted by Gasteiger charge is 2.12. The van der Waals surface area contributed by atoms with Crippen molar-refractivity contribution in [3.8, 4) is 5.75 Å². The Morgan fingerprint density at radius 3 is 2.47 bits per heavy atom. The first-order chi connectivity index (χ1) is 8.83. The van der Waals surface area contributed by atoms with E-state index in [-0.39, 0.29) is 24.0 Å². The Hall–Kier alpha value is -0.910. The third-order valence-electron chi connectivity index (χ3n) is 3.07. The molecule has 0 spiro atoms. The fraction of sp³-hybridized carbons (Fsp3) is 0.467. The SMILES string of the molecule is CCCCN1C=CN(c2ccc(OCC)cc2)C1.I. The van der Waals surface area contributed by atoms with Gasteiger partial charge in [0.15, 0.2) is 0 Å². The molecule has 0 saturated carbocycles. The van der Waals surface area contributed by atoms with E-state index in [1.54, 1.807) is 0 Å². The molecule has 1 heterocycles. The van der Waals surface area contributed by atoms with Crippen LogP contribution in [0.25, 0.3) is 0 Å². The molecule has 1 aromatic rings. The van der Waals surface area contributed by atoms with Gasteiger partial charge in [0, 0.05) is 24.6 Å². The highest BCUT2D eigenvalue weighted by molar-refractivity contribution is 14.0. The van der Waals surface area contributed by atoms with Gasteiger partial charge in [-0.3, -0.25) is 0 Å². The van der Waals surface area contributed by atoms with Gasteiger partial charge in [0.05, 0.1) is 13.3 Å². The van der Waals surface area contributed by atoms with Crippen molar-refractivity contribution < 1.29 is 4.74 Å². The number of ether oxygens (including phenoxy) is 1. The third-order valence-corrected chi connectivity index (χ3v) is 3.07. The standard InChI is InChI=1S/C15H22N2O.HI/c1-3-5-10-16-11-12-17(13-16)14-6-8-15(9-7-14)18-4-2;/h6-9,11-12H,3-5,10,13H2,1-2H3;1H. The Labute approximate surface area is 133 Å². The van der Waals surface area contributed by atoms with Crippen molar-refractivity contribution in [2.45, 2.75) is 26.7 Å². The van der Waals surface area contributed by atoms with E-state index in [9.17, 15) is 0 Å². The van der Waals surface area contributed by atoms with Gasteiger partial charge in [0.2, 0.25) is 0 Å². The second-order valence-electron chi connectivity index (χ2n) is 4.50. The molecule has 0 aliphatic carbocycles. The Morgan fingerprint density at radius 1 is 1.11 bits per heavy atom. The topological polar surface area (TPSA) is 15.7 Å². The van der Waals surface area contributed by atoms with E-state index in [2.05, 4.69) is 41.3 Å². The molecule has 2 rings (SSSR count). The van der Waals surface area contributed by atoms with Crippen LogP contribution in [-0.2, 0) is 0 Å². The van der Waals surface area contributed by atoms with Gasteiger partial charge in [-0.2, -0.15) is 0 Å². The van der Waals surface area contributed by atoms with E-state index in [4.69, 9.17) is 4.74 Å². The molecular formula is C15H23IN2O. The molecule has 0 unspecified atom stereocenters. The van der Waals surface area contributed by atoms with Crippen LogP contribution in [-0.4, -0.2) is 24.7 Å². The first-order valence-electron chi connectivity index (χ1n) is 6.75. The van der Waals surface area contributed by atoms with E-state index >= 15 is 0 Å². The summed E-state index contributed by atoms with van der Waals surface area (Å²) in [6.07, 6.45) is 6.81. The molecule has 0 aromatic heterocycles. The van der Waals surface area contributed by atoms with E-state index in [1.165, 1.54) is 18.5 Å². The van der Waals surface area contributed by atoms with Gasteiger partial charge in [0.25, 0.3) is 0 Å². The first kappa shape index (κ1) is 16.1. The fourth-order valence-electron chi connectivity index (χ4n) is 2.04. The van der Waals surface area contributed by atoms with Crippen LogP contribution in [0.5, 0.6) is 5.75 Å². The van der Waals surface area contributed by atoms with Gasteiger partial charge in [-0.1, -0.05) is 13.3 Å². The predicted molar refractivity (Wildman–Crippen MR) is 91.1 cm³/mol. The van der Waals surface area contributed by atoms with Crippen molar-refractivity contribution >= 4 is 29.7 Å². The lowest BCUT2D eigenvalue weighted by Gasteiger charge is -2.21. The van der Waals surface area contributed by atoms with Crippen molar-refractivity contribution in [2.24, 2.45) is 0 Å². The van der Waals surface area contributed by atoms with Crippen LogP contribution < -0.4 is 9.64 Å². The van der Waals surface area contributed by atoms with Gasteiger partial charge < -0.3 is 14.5 Å². The number of unbranched alkanes of at least 4 members (excludes halogenated alkanes) is 1. The molecule has 0 atom stereocenters. The van der Waals surface area contributed by atoms with E-state index in [0.29, 0.717) is 6.61 Å². The predicted octanol–water partition coefficient (Wildman–Crippen LogP) is 4.05. The lowest BCUT2D eigenvalue weighted by molar-refractivity contribution is 0.340. The van der Waals surface area contributed by atoms with Crippen molar-refractivity contribution in [3.63, 3.8) is 0 Å². The molecule has 0 fully saturated rings. The molecule has 0 saturated heterocycles. The van der Waals surface area contributed by atoms with Crippen LogP contribution in [0.15, 0.2) is 36.7 Å². The maximum atomic E-state index is 5.45. The quantitative estimate of drug-likeness (QED) is 0.699. The first-order valence-corrected chi connectivity index (χ1v) is 6.75. The number of benzene rings is 1. The molecule has 0 bridgehead atoms. The third kappa shape index (κ3) is 4.60. The minimum absolute atomic E-state index is 0. The highest BCUT2D eigenvalue weighted by Crippen LogP contribution is 2.22. The van der Waals surface area contributed by atoms with Gasteiger partial charge >= 0.3 is 0 Å². The summed E-state index contributed by atoms with van der Waals surface area (Å²) in [6.45, 7) is 7.04. The molecule has 0 amide bonds. The van der Waals surface area contributed by atoms with Crippen molar-refractivity contribution in [3.05, 3.63) is 36.7 Å². The van der Waals surface area contributed by atoms with Crippen molar-refractivity contribution in [2.75, 3.05) is 24.7 Å². The summed E-state index contributed by atoms with van der Waals surface area (Å²) < 4.78 is 5.45. The smallest absolute Gasteiger partial charge is 0.119 e. The summed E-state index contributed by atoms with van der Waals surface area (Å²) in [5, 5.41) is 0. The average molecular weight is 374 g/mol. The Bertz CT molecular complexity index is 392. The fourth-order valence-corrected chi connectivity index (χ4v) is 2.04. The van der Waals surface area contributed by atoms with Crippen LogP contribution in [0.2, 0.25) is 0 Å². The number of anilines is 1. The monoisotopic (exact) mass is 374 g/mol. The zero-order valence-electron chi connectivity index (χ0n) is 11.7. The lowest BCUT2D eigenvalue weighted by Crippen LogP contribution is -2.25. The van der Waals surface area contributed by atoms with Crippen LogP contribution >= 0.6 is 24.0 Å². The summed E-state index contributed by atoms with van der Waals surface area (Å²) in [4.78, 5) is 4.60. The summed E-state index contributed by atoms with van der Waals surface area (Å²) in [5.41, 5.74) is 1.22. The average Bonchev–Trinajstić information content (AvgIpc) is 2.86. The maximum Gasteiger partial charge on any atom is 0.119 e. The zero-order chi connectivity index (χ0) is 12.8. The number of rotatable bonds is 6. The summed E-state index contributed by atoms with van der Waals surface area (Å²) >= 11 is 0. The minimum Gasteiger partial charge on any atom is -0.494 e. The Balaban J connectivity index is 0.00000180. The largest absolute Gasteiger partial charge is 0.494 e. The van der Waals surface area contributed by atoms with E-state index < -0.39 is 0 Å². The highest BCUT2D eigenvalue weighted by atomic mass is 127. The normalized spacial score (nSPS) is 13.6. The molecule has 1 aliphatic rings. The molecule has 0 N–H and O–H groups in total. The van der Waals surface area contributed by atoms with Gasteiger partial charge in [0.1, 0.15) is 5.75 Å². The van der Waals surface area contributed by atoms with Gasteiger partial charge in [-0.25, -0.2) is 0 Å². The van der Waals surface area contributed by atoms with Crippen LogP contribution in [0.4, 0.5) is 5.69 Å². The lowest BCUT2D eigenvalue weighted by atomic mass is 10.3. The van der Waals surface area contributed by atoms with Gasteiger partial charge in [-0.15, -0.1) is 24.0 Å². The molecule has 0 radical (unpaired) electrons. The summed E-state index contributed by atoms with van der Waals surface area (Å²) in [6, 6.07) is 8.28. The molecule has 4 heteroatoms. The molecule has 19 heavy (non-hydrogen) atoms. The molecule has 1 aromatic carbocycles. The second-order valence-corrected chi connectivity index (χ2v) is 4.50. The van der Waals surface area contributed by atoms with Crippen molar-refractivity contribution in [1.82, 2.24) is 4.90 Å². The van der Waals surface area contributed by atoms with Crippen LogP contribution in [0.1, 0.15) is 26.7 Å². The molecule has 1 aliphatic heterocycles. The number of nitrogens with zero attached hydrogens (tertiary/aromatic N) is 2. The van der Waals surface area contributed by atoms with Crippen LogP contribution in [0, 0.1) is 0 Å². The number of hydrogen-bond acceptors (Lipinski definition) is 3. The van der Waals surface area contributed by atoms with Gasteiger partial charge in [-0.05, 0) is 37.6 Å². The summed E-state index contributed by atoms with van der Waals surface area (Å²) in [7, 11) is 0. The summed E-state index contributed by atoms with van der Waals surface area (Å²) in [5.74, 6) is 0.937. The maximum absolute atomic E-state index is 5.45.